The summed E-state index contributed by atoms with van der Waals surface area (Å²) in [6.07, 6.45) is 20.1. The van der Waals surface area contributed by atoms with Crippen molar-refractivity contribution in [3.63, 3.8) is 0 Å². The lowest BCUT2D eigenvalue weighted by Crippen LogP contribution is -2.37. The van der Waals surface area contributed by atoms with Crippen molar-refractivity contribution in [3.05, 3.63) is 70.2 Å². The molecule has 0 spiro atoms. The third-order valence-electron chi connectivity index (χ3n) is 4.38. The second kappa shape index (κ2) is 7.52. The van der Waals surface area contributed by atoms with Gasteiger partial charge in [-0.15, -0.1) is 0 Å². The number of nitrogens with zero attached hydrogens (tertiary/aromatic N) is 2. The lowest BCUT2D eigenvalue weighted by atomic mass is 10.1. The molecule has 0 radical (unpaired) electrons. The highest BCUT2D eigenvalue weighted by molar-refractivity contribution is 5.72. The van der Waals surface area contributed by atoms with E-state index >= 15 is 0 Å². The predicted molar refractivity (Wildman–Crippen MR) is 110 cm³/mol. The molecule has 3 rings (SSSR count). The molecule has 0 bridgehead atoms. The average Bonchev–Trinajstić information content (AvgIpc) is 2.97. The van der Waals surface area contributed by atoms with Crippen LogP contribution in [0.5, 0.6) is 0 Å². The minimum absolute atomic E-state index is 0.824. The second-order valence-corrected chi connectivity index (χ2v) is 6.60. The number of hydrogen-bond acceptors (Lipinski definition) is 1. The number of hydrogen-bond donors (Lipinski definition) is 0. The minimum Gasteiger partial charge on any atom is -0.306 e. The van der Waals surface area contributed by atoms with E-state index in [2.05, 4.69) is 73.4 Å². The highest BCUT2D eigenvalue weighted by Gasteiger charge is 2.13. The molecular weight excluding hydrogens is 304 g/mol. The third kappa shape index (κ3) is 3.43. The molecule has 0 saturated carbocycles. The predicted octanol–water partition coefficient (Wildman–Crippen LogP) is 4.43. The first-order valence-corrected chi connectivity index (χ1v) is 8.95. The molecule has 0 fully saturated rings. The maximum absolute atomic E-state index is 4.97. The third-order valence-corrected chi connectivity index (χ3v) is 4.38. The summed E-state index contributed by atoms with van der Waals surface area (Å²) in [4.78, 5) is 4.97. The van der Waals surface area contributed by atoms with Crippen LogP contribution in [0.4, 0.5) is 0 Å². The van der Waals surface area contributed by atoms with Gasteiger partial charge in [0.1, 0.15) is 0 Å². The van der Waals surface area contributed by atoms with Crippen LogP contribution in [-0.4, -0.2) is 9.38 Å². The summed E-state index contributed by atoms with van der Waals surface area (Å²) >= 11 is 0. The van der Waals surface area contributed by atoms with Crippen LogP contribution >= 0.6 is 0 Å². The Morgan fingerprint density at radius 3 is 2.80 bits per heavy atom. The summed E-state index contributed by atoms with van der Waals surface area (Å²) in [6, 6.07) is 2.23. The molecule has 0 unspecified atom stereocenters. The van der Waals surface area contributed by atoms with E-state index < -0.39 is 0 Å². The van der Waals surface area contributed by atoms with Crippen LogP contribution in [0.3, 0.4) is 0 Å². The molecule has 2 nitrogen and oxygen atoms in total. The van der Waals surface area contributed by atoms with Gasteiger partial charge in [0.05, 0.1) is 27.6 Å². The zero-order valence-electron chi connectivity index (χ0n) is 15.4. The standard InChI is InChI=1S/C23H26N2/c1-5-11-18-16-23-20(14-8-7-12-17(3)4)24-19-13-9-10-15-22(19)25(23)21(18)6-2/h5-8,11-13,15-16H,2,9-10,14H2,1,3-4H3/b8-7-,11-5-. The van der Waals surface area contributed by atoms with Crippen LogP contribution in [0.15, 0.2) is 42.5 Å². The fourth-order valence-electron chi connectivity index (χ4n) is 3.29. The van der Waals surface area contributed by atoms with Crippen molar-refractivity contribution in [3.8, 4) is 0 Å². The maximum atomic E-state index is 4.97. The Morgan fingerprint density at radius 2 is 2.08 bits per heavy atom. The van der Waals surface area contributed by atoms with Crippen LogP contribution < -0.4 is 10.7 Å². The van der Waals surface area contributed by atoms with E-state index in [-0.39, 0.29) is 0 Å². The van der Waals surface area contributed by atoms with E-state index in [9.17, 15) is 0 Å². The van der Waals surface area contributed by atoms with Gasteiger partial charge in [0.15, 0.2) is 0 Å². The second-order valence-electron chi connectivity index (χ2n) is 6.60. The molecule has 2 heterocycles. The Kier molecular flexibility index (Phi) is 5.18. The Morgan fingerprint density at radius 1 is 1.28 bits per heavy atom. The van der Waals surface area contributed by atoms with E-state index in [4.69, 9.17) is 4.98 Å². The van der Waals surface area contributed by atoms with Gasteiger partial charge < -0.3 is 4.40 Å². The van der Waals surface area contributed by atoms with E-state index in [0.29, 0.717) is 0 Å². The highest BCUT2D eigenvalue weighted by atomic mass is 14.9. The number of allylic oxidation sites excluding steroid dienone is 5. The van der Waals surface area contributed by atoms with Crippen molar-refractivity contribution in [1.82, 2.24) is 9.38 Å². The zero-order chi connectivity index (χ0) is 17.8. The summed E-state index contributed by atoms with van der Waals surface area (Å²) in [5.41, 5.74) is 5.93. The van der Waals surface area contributed by atoms with Crippen LogP contribution in [0.25, 0.3) is 29.8 Å². The summed E-state index contributed by atoms with van der Waals surface area (Å²) in [7, 11) is 0. The van der Waals surface area contributed by atoms with Gasteiger partial charge in [0.2, 0.25) is 0 Å². The Labute approximate surface area is 149 Å². The molecule has 25 heavy (non-hydrogen) atoms. The van der Waals surface area contributed by atoms with Gasteiger partial charge >= 0.3 is 0 Å². The first-order chi connectivity index (χ1) is 12.2. The topological polar surface area (TPSA) is 17.3 Å². The minimum atomic E-state index is 0.824. The van der Waals surface area contributed by atoms with Gasteiger partial charge in [-0.1, -0.05) is 54.7 Å². The van der Waals surface area contributed by atoms with E-state index in [1.54, 1.807) is 0 Å². The lowest BCUT2D eigenvalue weighted by Gasteiger charge is -2.09. The molecule has 0 aromatic carbocycles. The van der Waals surface area contributed by atoms with Gasteiger partial charge in [-0.2, -0.15) is 0 Å². The average molecular weight is 330 g/mol. The van der Waals surface area contributed by atoms with Crippen molar-refractivity contribution < 1.29 is 0 Å². The lowest BCUT2D eigenvalue weighted by molar-refractivity contribution is 0.943. The van der Waals surface area contributed by atoms with Gasteiger partial charge in [-0.3, -0.25) is 0 Å². The molecule has 2 aromatic rings. The van der Waals surface area contributed by atoms with E-state index in [1.807, 2.05) is 13.0 Å². The molecule has 0 aliphatic heterocycles. The van der Waals surface area contributed by atoms with Crippen molar-refractivity contribution in [2.24, 2.45) is 0 Å². The Hall–Kier alpha value is -2.61. The Balaban J connectivity index is 2.26. The van der Waals surface area contributed by atoms with E-state index in [0.717, 1.165) is 36.0 Å². The maximum Gasteiger partial charge on any atom is 0.0831 e. The zero-order valence-corrected chi connectivity index (χ0v) is 15.4. The van der Waals surface area contributed by atoms with Crippen LogP contribution in [0.2, 0.25) is 0 Å². The number of fused-ring (bicyclic) bond motifs is 3. The van der Waals surface area contributed by atoms with Crippen molar-refractivity contribution in [1.29, 1.82) is 0 Å². The summed E-state index contributed by atoms with van der Waals surface area (Å²) in [5, 5.41) is 2.29. The van der Waals surface area contributed by atoms with Crippen molar-refractivity contribution >= 4 is 29.8 Å². The van der Waals surface area contributed by atoms with Crippen LogP contribution in [0, 0.1) is 0 Å². The molecule has 1 aliphatic rings. The van der Waals surface area contributed by atoms with Crippen LogP contribution in [-0.2, 0) is 6.42 Å². The molecule has 1 aliphatic carbocycles. The number of aromatic nitrogens is 2. The smallest absolute Gasteiger partial charge is 0.0831 e. The SMILES string of the molecule is C=Cc1c(/C=C\C)cc2c(C/C=C\C=C(C)C)nc3c(n12)=CCCC=3. The van der Waals surface area contributed by atoms with E-state index in [1.165, 1.54) is 22.0 Å². The molecule has 0 N–H and O–H groups in total. The fraction of sp³-hybridized carbons (Fsp3) is 0.261. The van der Waals surface area contributed by atoms with Crippen molar-refractivity contribution in [2.75, 3.05) is 0 Å². The molecule has 0 saturated heterocycles. The van der Waals surface area contributed by atoms with Gasteiger partial charge in [0.25, 0.3) is 0 Å². The van der Waals surface area contributed by atoms with Crippen LogP contribution in [0.1, 0.15) is 50.6 Å². The molecular formula is C23H26N2. The molecule has 0 atom stereocenters. The fourth-order valence-corrected chi connectivity index (χ4v) is 3.29. The quantitative estimate of drug-likeness (QED) is 0.741. The van der Waals surface area contributed by atoms with Crippen molar-refractivity contribution in [2.45, 2.75) is 40.0 Å². The highest BCUT2D eigenvalue weighted by Crippen LogP contribution is 2.20. The molecule has 0 amide bonds. The molecule has 2 aromatic heterocycles. The summed E-state index contributed by atoms with van der Waals surface area (Å²) in [6.45, 7) is 10.3. The number of rotatable bonds is 5. The van der Waals surface area contributed by atoms with Gasteiger partial charge in [-0.05, 0) is 45.8 Å². The van der Waals surface area contributed by atoms with Gasteiger partial charge in [-0.25, -0.2) is 4.98 Å². The molecule has 128 valence electrons. The summed E-state index contributed by atoms with van der Waals surface area (Å²) < 4.78 is 2.32. The largest absolute Gasteiger partial charge is 0.306 e. The first kappa shape index (κ1) is 17.2. The Bertz CT molecular complexity index is 1010. The summed E-state index contributed by atoms with van der Waals surface area (Å²) in [5.74, 6) is 0. The van der Waals surface area contributed by atoms with Gasteiger partial charge in [0, 0.05) is 12.0 Å². The molecule has 2 heteroatoms. The monoisotopic (exact) mass is 330 g/mol. The normalized spacial score (nSPS) is 13.7. The first-order valence-electron chi connectivity index (χ1n) is 8.95.